The zero-order chi connectivity index (χ0) is 24.8. The molecule has 0 unspecified atom stereocenters. The Morgan fingerprint density at radius 2 is 1.23 bits per heavy atom. The third kappa shape index (κ3) is 5.31. The molecule has 0 atom stereocenters. The van der Waals surface area contributed by atoms with E-state index in [0.29, 0.717) is 5.92 Å². The van der Waals surface area contributed by atoms with E-state index in [0.717, 1.165) is 44.9 Å². The second-order valence-electron chi connectivity index (χ2n) is 8.81. The lowest BCUT2D eigenvalue weighted by Gasteiger charge is -2.22. The molecule has 3 nitrogen and oxygen atoms in total. The van der Waals surface area contributed by atoms with Crippen molar-refractivity contribution in [3.63, 3.8) is 0 Å². The van der Waals surface area contributed by atoms with Gasteiger partial charge in [0.1, 0.15) is 11.5 Å². The van der Waals surface area contributed by atoms with E-state index in [2.05, 4.69) is 74.5 Å². The van der Waals surface area contributed by atoms with Crippen molar-refractivity contribution in [2.75, 3.05) is 14.2 Å². The number of aliphatic hydroxyl groups is 1. The Balaban J connectivity index is 2.12. The van der Waals surface area contributed by atoms with Crippen molar-refractivity contribution in [3.8, 4) is 11.5 Å². The smallest absolute Gasteiger partial charge is 0.118 e. The Labute approximate surface area is 208 Å². The number of ether oxygens (including phenoxy) is 2. The summed E-state index contributed by atoms with van der Waals surface area (Å²) in [6.07, 6.45) is 0. The van der Waals surface area contributed by atoms with E-state index in [1.54, 1.807) is 14.2 Å². The number of hydrogen-bond donors (Lipinski definition) is 1. The molecule has 0 heterocycles. The Morgan fingerprint density at radius 3 is 1.77 bits per heavy atom. The molecule has 0 aliphatic rings. The van der Waals surface area contributed by atoms with E-state index in [-0.39, 0.29) is 6.61 Å². The van der Waals surface area contributed by atoms with Gasteiger partial charge in [-0.15, -0.1) is 0 Å². The van der Waals surface area contributed by atoms with Crippen LogP contribution in [-0.2, 0) is 6.61 Å². The van der Waals surface area contributed by atoms with Gasteiger partial charge in [0.05, 0.1) is 20.8 Å². The summed E-state index contributed by atoms with van der Waals surface area (Å²) in [5, 5.41) is 9.88. The van der Waals surface area contributed by atoms with E-state index in [1.807, 2.05) is 36.4 Å². The van der Waals surface area contributed by atoms with Crippen LogP contribution in [0.2, 0.25) is 0 Å². The fraction of sp³-hybridized carbons (Fsp3) is 0.188. The molecular weight excluding hydrogens is 432 g/mol. The average Bonchev–Trinajstić information content (AvgIpc) is 2.92. The molecule has 4 aromatic carbocycles. The minimum absolute atomic E-state index is 0.00974. The van der Waals surface area contributed by atoms with Crippen LogP contribution in [0.1, 0.15) is 53.1 Å². The first-order chi connectivity index (χ1) is 17.0. The summed E-state index contributed by atoms with van der Waals surface area (Å²) >= 11 is 0. The van der Waals surface area contributed by atoms with Crippen LogP contribution in [0.25, 0.3) is 11.1 Å². The van der Waals surface area contributed by atoms with Crippen LogP contribution in [0.5, 0.6) is 11.5 Å². The fourth-order valence-corrected chi connectivity index (χ4v) is 4.46. The van der Waals surface area contributed by atoms with E-state index in [4.69, 9.17) is 9.47 Å². The second-order valence-corrected chi connectivity index (χ2v) is 8.81. The van der Waals surface area contributed by atoms with Gasteiger partial charge in [-0.1, -0.05) is 80.6 Å². The molecule has 1 N–H and O–H groups in total. The van der Waals surface area contributed by atoms with Gasteiger partial charge in [0.25, 0.3) is 0 Å². The molecule has 4 aromatic rings. The molecule has 4 rings (SSSR count). The van der Waals surface area contributed by atoms with E-state index >= 15 is 0 Å². The van der Waals surface area contributed by atoms with E-state index in [9.17, 15) is 5.11 Å². The Morgan fingerprint density at radius 1 is 0.657 bits per heavy atom. The van der Waals surface area contributed by atoms with Gasteiger partial charge >= 0.3 is 0 Å². The van der Waals surface area contributed by atoms with Crippen LogP contribution >= 0.6 is 0 Å². The summed E-state index contributed by atoms with van der Waals surface area (Å²) in [7, 11) is 3.36. The molecule has 0 aromatic heterocycles. The second kappa shape index (κ2) is 11.1. The largest absolute Gasteiger partial charge is 0.497 e. The molecule has 0 spiro atoms. The molecule has 0 bridgehead atoms. The molecule has 0 fully saturated rings. The summed E-state index contributed by atoms with van der Waals surface area (Å²) in [5.74, 6) is 1.98. The maximum absolute atomic E-state index is 9.88. The maximum atomic E-state index is 9.88. The van der Waals surface area contributed by atoms with Gasteiger partial charge in [0, 0.05) is 0 Å². The lowest BCUT2D eigenvalue weighted by atomic mass is 9.82. The highest BCUT2D eigenvalue weighted by molar-refractivity contribution is 6.05. The van der Waals surface area contributed by atoms with Gasteiger partial charge in [-0.25, -0.2) is 0 Å². The van der Waals surface area contributed by atoms with Crippen LogP contribution < -0.4 is 9.47 Å². The molecular formula is C32H32O3. The lowest BCUT2D eigenvalue weighted by Crippen LogP contribution is -2.02. The Hall–Kier alpha value is -3.82. The van der Waals surface area contributed by atoms with Gasteiger partial charge in [0.2, 0.25) is 0 Å². The molecule has 0 aliphatic carbocycles. The van der Waals surface area contributed by atoms with Crippen LogP contribution in [-0.4, -0.2) is 19.3 Å². The minimum Gasteiger partial charge on any atom is -0.497 e. The molecule has 0 aliphatic heterocycles. The molecule has 0 radical (unpaired) electrons. The first-order valence-electron chi connectivity index (χ1n) is 11.9. The van der Waals surface area contributed by atoms with Crippen LogP contribution in [0.4, 0.5) is 0 Å². The number of hydrogen-bond acceptors (Lipinski definition) is 3. The van der Waals surface area contributed by atoms with Crippen LogP contribution in [0.3, 0.4) is 0 Å². The lowest BCUT2D eigenvalue weighted by molar-refractivity contribution is 0.282. The van der Waals surface area contributed by atoms with Gasteiger partial charge in [0.15, 0.2) is 0 Å². The topological polar surface area (TPSA) is 38.7 Å². The van der Waals surface area contributed by atoms with Crippen molar-refractivity contribution in [3.05, 3.63) is 130 Å². The Bertz CT molecular complexity index is 1300. The molecule has 35 heavy (non-hydrogen) atoms. The van der Waals surface area contributed by atoms with Crippen molar-refractivity contribution in [2.24, 2.45) is 0 Å². The number of benzene rings is 4. The molecule has 0 amide bonds. The van der Waals surface area contributed by atoms with E-state index in [1.165, 1.54) is 11.1 Å². The SMILES string of the molecule is COc1ccc(/C(=C(/c2ccc(OC)cc2)c2ccccc2C(C)C)c2cccc(CO)c2)cc1. The standard InChI is InChI=1S/C32H32O3/c1-22(2)29-10-5-6-11-30(29)32(25-14-18-28(35-4)19-15-25)31(24-12-16-27(34-3)17-13-24)26-9-7-8-23(20-26)21-33/h5-20,22,33H,21H2,1-4H3/b32-31+. The monoisotopic (exact) mass is 464 g/mol. The van der Waals surface area contributed by atoms with Crippen molar-refractivity contribution < 1.29 is 14.6 Å². The zero-order valence-electron chi connectivity index (χ0n) is 20.8. The van der Waals surface area contributed by atoms with Crippen molar-refractivity contribution >= 4 is 11.1 Å². The summed E-state index contributed by atoms with van der Waals surface area (Å²) in [4.78, 5) is 0. The van der Waals surface area contributed by atoms with Crippen LogP contribution in [0.15, 0.2) is 97.1 Å². The number of rotatable bonds is 8. The third-order valence-corrected chi connectivity index (χ3v) is 6.26. The number of aliphatic hydroxyl groups excluding tert-OH is 1. The van der Waals surface area contributed by atoms with Gasteiger partial charge in [-0.3, -0.25) is 0 Å². The van der Waals surface area contributed by atoms with Gasteiger partial charge < -0.3 is 14.6 Å². The Kier molecular flexibility index (Phi) is 7.69. The van der Waals surface area contributed by atoms with Gasteiger partial charge in [-0.05, 0) is 80.8 Å². The van der Waals surface area contributed by atoms with Crippen molar-refractivity contribution in [1.29, 1.82) is 0 Å². The highest BCUT2D eigenvalue weighted by atomic mass is 16.5. The fourth-order valence-electron chi connectivity index (χ4n) is 4.46. The predicted octanol–water partition coefficient (Wildman–Crippen LogP) is 7.33. The maximum Gasteiger partial charge on any atom is 0.118 e. The molecule has 3 heteroatoms. The zero-order valence-corrected chi connectivity index (χ0v) is 20.8. The normalized spacial score (nSPS) is 11.8. The molecule has 0 saturated heterocycles. The quantitative estimate of drug-likeness (QED) is 0.278. The summed E-state index contributed by atoms with van der Waals surface area (Å²) < 4.78 is 10.9. The highest BCUT2D eigenvalue weighted by Gasteiger charge is 2.20. The molecule has 0 saturated carbocycles. The van der Waals surface area contributed by atoms with E-state index < -0.39 is 0 Å². The summed E-state index contributed by atoms with van der Waals surface area (Å²) in [6.45, 7) is 4.44. The predicted molar refractivity (Wildman–Crippen MR) is 144 cm³/mol. The van der Waals surface area contributed by atoms with Crippen LogP contribution in [0, 0.1) is 0 Å². The minimum atomic E-state index is -0.00974. The first kappa shape index (κ1) is 24.3. The van der Waals surface area contributed by atoms with Gasteiger partial charge in [-0.2, -0.15) is 0 Å². The van der Waals surface area contributed by atoms with Crippen molar-refractivity contribution in [1.82, 2.24) is 0 Å². The average molecular weight is 465 g/mol. The first-order valence-corrected chi connectivity index (χ1v) is 11.9. The highest BCUT2D eigenvalue weighted by Crippen LogP contribution is 2.40. The summed E-state index contributed by atoms with van der Waals surface area (Å²) in [5.41, 5.74) is 8.80. The third-order valence-electron chi connectivity index (χ3n) is 6.26. The molecule has 178 valence electrons. The number of methoxy groups -OCH3 is 2. The summed E-state index contributed by atoms with van der Waals surface area (Å²) in [6, 6.07) is 33.2. The van der Waals surface area contributed by atoms with Crippen molar-refractivity contribution in [2.45, 2.75) is 26.4 Å².